The predicted molar refractivity (Wildman–Crippen MR) is 542 cm³/mol. The first-order valence-electron chi connectivity index (χ1n) is 48.5. The zero-order valence-electron chi connectivity index (χ0n) is 81.9. The Morgan fingerprint density at radius 2 is 0.729 bits per heavy atom. The summed E-state index contributed by atoms with van der Waals surface area (Å²) in [5, 5.41) is 14.2. The molecule has 1 aliphatic rings. The number of nitrogens with one attached hydrogen (secondary N) is 3. The van der Waals surface area contributed by atoms with Gasteiger partial charge in [-0.3, -0.25) is 4.99 Å². The van der Waals surface area contributed by atoms with Crippen molar-refractivity contribution in [3.05, 3.63) is 164 Å². The predicted octanol–water partition coefficient (Wildman–Crippen LogP) is 24.4. The first-order valence-corrected chi connectivity index (χ1v) is 52.5. The maximum Gasteiger partial charge on any atom is 0.332 e. The summed E-state index contributed by atoms with van der Waals surface area (Å²) in [4.78, 5) is 16.8. The lowest BCUT2D eigenvalue weighted by molar-refractivity contribution is 0.281. The van der Waals surface area contributed by atoms with E-state index in [-0.39, 0.29) is 10.8 Å². The summed E-state index contributed by atoms with van der Waals surface area (Å²) in [6, 6.07) is 37.5. The lowest BCUT2D eigenvalue weighted by atomic mass is 9.72. The molecule has 3 atom stereocenters. The zero-order chi connectivity index (χ0) is 93.7. The van der Waals surface area contributed by atoms with Gasteiger partial charge in [-0.15, -0.1) is 15.3 Å². The van der Waals surface area contributed by atoms with Gasteiger partial charge in [0.05, 0.1) is 56.4 Å². The number of benzene rings is 6. The third-order valence-electron chi connectivity index (χ3n) is 23.7. The fraction of sp³-hybridized carbons (Fsp3) is 0.604. The number of hydrogen-bond acceptors (Lipinski definition) is 12. The van der Waals surface area contributed by atoms with E-state index in [4.69, 9.17) is 45.2 Å². The highest BCUT2D eigenvalue weighted by Gasteiger charge is 2.30. The topological polar surface area (TPSA) is 219 Å². The Labute approximate surface area is 791 Å². The summed E-state index contributed by atoms with van der Waals surface area (Å²) >= 11 is 7.00. The standard InChI is InChI=1S/C29H42Cl2N4O2S.C29H44N4O3S.C29H52N4O3S.C14H21N3/c1-4-7-8-9-10-11-12-13-14-15-16-23-17-19-24(20-18-23)37-38(36)33-32-29-34(5-2)27-21-25(30)26(31)22-28(27)35(29)6-3;1-4-7-8-9-10-11-12-13-14-17-24-35-25-20-22-26(23-21-25)36-37(34)31-30-29-32(5-2)27-18-15-16-19-28(27)33(29)6-3;1-9-12-13-14-15-16-21-35-25-18-17-24(29(7,8)23-28(4,5)6)22-26(25)36-37(34)31-30-27-32(10-2)19-20-33(27)11-3;1-6-16-12-8-10(3)11(4)9-13(12)17(7-2)14(16)15-5/h17-22,33H,4-16H2,1-3H3;15-16,18-23,31H,4-14,17,24H2,1-3H3;17-18,22,31H,9-16,19-21,23H2,1-8H3;8-9H,6-7H2,1-5H3. The van der Waals surface area contributed by atoms with Crippen LogP contribution in [0.1, 0.15) is 306 Å². The maximum atomic E-state index is 13.0. The Bertz CT molecular complexity index is 4980. The number of likely N-dealkylation sites (N-methyl/N-ethyl adjacent to an activating group) is 2. The average molecular weight is 1880 g/mol. The first kappa shape index (κ1) is 108. The fourth-order valence-electron chi connectivity index (χ4n) is 17.0. The summed E-state index contributed by atoms with van der Waals surface area (Å²) in [7, 11) is 1.87. The van der Waals surface area contributed by atoms with E-state index in [1.165, 1.54) is 175 Å². The van der Waals surface area contributed by atoms with Gasteiger partial charge in [0.2, 0.25) is 22.8 Å². The number of rotatable bonds is 53. The number of hydrogen-bond donors (Lipinski definition) is 3. The van der Waals surface area contributed by atoms with Crippen LogP contribution in [0.15, 0.2) is 136 Å². The SMILES string of the molecule is CCCCCCCCCCCCOc1ccc(OS(=O)NN=c2n(CC)c3ccccc3n2CC)cc1.CCCCCCCCCCCCc1ccc(OS(=O)NN=c2n(CC)c3cc(Cl)c(Cl)cc3n2CC)cc1.CCCCCCCCOc1ccc(C(C)(C)CC(C)(C)C)cc1OS(=O)NN=C1N(CC)CCN1CC.CCn1c(=NC)n(CC)c2cc(C)c(C)cc21. The van der Waals surface area contributed by atoms with Crippen molar-refractivity contribution < 1.29 is 34.6 Å². The molecule has 1 fully saturated rings. The molecule has 3 aromatic heterocycles. The van der Waals surface area contributed by atoms with Crippen LogP contribution in [0.2, 0.25) is 10.0 Å². The van der Waals surface area contributed by atoms with Crippen molar-refractivity contribution in [1.82, 2.24) is 51.7 Å². The average Bonchev–Trinajstić information content (AvgIpc) is 1.64. The van der Waals surface area contributed by atoms with Gasteiger partial charge in [0, 0.05) is 72.5 Å². The number of imidazole rings is 3. The van der Waals surface area contributed by atoms with Gasteiger partial charge < -0.3 is 59.2 Å². The van der Waals surface area contributed by atoms with E-state index >= 15 is 0 Å². The van der Waals surface area contributed by atoms with E-state index in [1.54, 1.807) is 12.1 Å². The van der Waals surface area contributed by atoms with E-state index in [0.29, 0.717) is 70.6 Å². The van der Waals surface area contributed by atoms with E-state index in [1.807, 2.05) is 103 Å². The minimum absolute atomic E-state index is 0.0730. The van der Waals surface area contributed by atoms with Crippen molar-refractivity contribution in [3.63, 3.8) is 0 Å². The number of aromatic nitrogens is 6. The van der Waals surface area contributed by atoms with Gasteiger partial charge in [-0.05, 0) is 219 Å². The maximum absolute atomic E-state index is 13.0. The second kappa shape index (κ2) is 58.0. The van der Waals surface area contributed by atoms with E-state index < -0.39 is 33.8 Å². The summed E-state index contributed by atoms with van der Waals surface area (Å²) in [6.45, 7) is 48.7. The second-order valence-corrected chi connectivity index (χ2v) is 38.5. The van der Waals surface area contributed by atoms with Crippen LogP contribution in [-0.2, 0) is 84.9 Å². The molecule has 4 heterocycles. The number of hydrazone groups is 1. The molecule has 0 aliphatic carbocycles. The Balaban J connectivity index is 0.000000243. The minimum Gasteiger partial charge on any atom is -0.494 e. The third-order valence-corrected chi connectivity index (χ3v) is 26.2. The van der Waals surface area contributed by atoms with Crippen molar-refractivity contribution >= 4 is 96.1 Å². The molecule has 1 saturated heterocycles. The Morgan fingerprint density at radius 3 is 1.13 bits per heavy atom. The molecule has 718 valence electrons. The van der Waals surface area contributed by atoms with Crippen LogP contribution in [0.25, 0.3) is 33.1 Å². The van der Waals surface area contributed by atoms with Crippen molar-refractivity contribution in [2.24, 2.45) is 25.7 Å². The van der Waals surface area contributed by atoms with Crippen molar-refractivity contribution in [2.75, 3.05) is 46.4 Å². The third kappa shape index (κ3) is 34.4. The number of fused-ring (bicyclic) bond motifs is 3. The molecule has 6 aromatic carbocycles. The lowest BCUT2D eigenvalue weighted by Crippen LogP contribution is -2.35. The number of para-hydroxylation sites is 2. The number of halogens is 2. The van der Waals surface area contributed by atoms with Crippen LogP contribution in [-0.4, -0.2) is 102 Å². The van der Waals surface area contributed by atoms with Gasteiger partial charge in [-0.1, -0.05) is 257 Å². The van der Waals surface area contributed by atoms with Gasteiger partial charge in [0.1, 0.15) is 17.2 Å². The molecule has 23 nitrogen and oxygen atoms in total. The van der Waals surface area contributed by atoms with Crippen LogP contribution in [0.5, 0.6) is 28.7 Å². The second-order valence-electron chi connectivity index (χ2n) is 35.3. The highest BCUT2D eigenvalue weighted by atomic mass is 35.5. The summed E-state index contributed by atoms with van der Waals surface area (Å²) in [5.74, 6) is 3.74. The molecule has 0 saturated carbocycles. The minimum atomic E-state index is -1.85. The van der Waals surface area contributed by atoms with E-state index in [2.05, 4.69) is 204 Å². The zero-order valence-corrected chi connectivity index (χ0v) is 85.8. The molecule has 129 heavy (non-hydrogen) atoms. The van der Waals surface area contributed by atoms with Crippen LogP contribution < -0.4 is 53.4 Å². The van der Waals surface area contributed by atoms with Crippen LogP contribution in [0, 0.1) is 19.3 Å². The molecule has 0 radical (unpaired) electrons. The molecule has 0 amide bonds. The monoisotopic (exact) mass is 1880 g/mol. The molecule has 0 spiro atoms. The molecule has 9 aromatic rings. The van der Waals surface area contributed by atoms with E-state index in [0.717, 1.165) is 129 Å². The lowest BCUT2D eigenvalue weighted by Gasteiger charge is -2.33. The van der Waals surface area contributed by atoms with Gasteiger partial charge >= 0.3 is 33.8 Å². The Morgan fingerprint density at radius 1 is 0.372 bits per heavy atom. The highest BCUT2D eigenvalue weighted by Crippen LogP contribution is 2.41. The molecule has 1 aliphatic heterocycles. The van der Waals surface area contributed by atoms with Crippen LogP contribution in [0.4, 0.5) is 0 Å². The summed E-state index contributed by atoms with van der Waals surface area (Å²) in [6.07, 6.45) is 35.7. The Kier molecular flexibility index (Phi) is 48.5. The van der Waals surface area contributed by atoms with Crippen LogP contribution in [0.3, 0.4) is 0 Å². The van der Waals surface area contributed by atoms with Gasteiger partial charge in [-0.2, -0.15) is 27.1 Å². The number of guanidine groups is 1. The molecule has 3 unspecified atom stereocenters. The number of unbranched alkanes of at least 4 members (excludes halogenated alkanes) is 23. The number of aryl methyl sites for hydroxylation is 9. The van der Waals surface area contributed by atoms with Gasteiger partial charge in [0.25, 0.3) is 0 Å². The molecule has 10 rings (SSSR count). The quantitative estimate of drug-likeness (QED) is 0.0242. The number of nitrogens with zero attached hydrogens (tertiary/aromatic N) is 12. The van der Waals surface area contributed by atoms with Gasteiger partial charge in [-0.25, -0.2) is 0 Å². The fourth-order valence-corrected chi connectivity index (χ4v) is 18.7. The molecule has 0 bridgehead atoms. The van der Waals surface area contributed by atoms with Gasteiger partial charge in [0.15, 0.2) is 11.5 Å². The summed E-state index contributed by atoms with van der Waals surface area (Å²) < 4.78 is 79.7. The van der Waals surface area contributed by atoms with E-state index in [9.17, 15) is 12.6 Å². The summed E-state index contributed by atoms with van der Waals surface area (Å²) in [5.41, 5.74) is 14.2. The van der Waals surface area contributed by atoms with Crippen LogP contribution >= 0.6 is 23.2 Å². The number of ether oxygens (including phenoxy) is 2. The van der Waals surface area contributed by atoms with Crippen molar-refractivity contribution in [3.8, 4) is 28.7 Å². The molecule has 28 heteroatoms. The van der Waals surface area contributed by atoms with Crippen molar-refractivity contribution in [2.45, 2.75) is 349 Å². The smallest absolute Gasteiger partial charge is 0.332 e. The first-order chi connectivity index (χ1) is 62.3. The molecular weight excluding hydrogens is 1720 g/mol. The largest absolute Gasteiger partial charge is 0.494 e. The Hall–Kier alpha value is -8.17. The molecule has 3 N–H and O–H groups in total. The normalized spacial score (nSPS) is 12.8. The molecular formula is C101H159Cl2N15O8S3. The highest BCUT2D eigenvalue weighted by molar-refractivity contribution is 7.78. The van der Waals surface area contributed by atoms with Crippen molar-refractivity contribution in [1.29, 1.82) is 0 Å².